The van der Waals surface area contributed by atoms with Gasteiger partial charge in [-0.05, 0) is 28.8 Å². The molecular weight excluding hydrogens is 230 g/mol. The zero-order chi connectivity index (χ0) is 11.5. The van der Waals surface area contributed by atoms with Gasteiger partial charge in [-0.2, -0.15) is 11.3 Å². The van der Waals surface area contributed by atoms with Crippen molar-refractivity contribution >= 4 is 11.3 Å². The van der Waals surface area contributed by atoms with Gasteiger partial charge in [0.25, 0.3) is 0 Å². The Morgan fingerprint density at radius 3 is 2.94 bits per heavy atom. The summed E-state index contributed by atoms with van der Waals surface area (Å²) in [6.45, 7) is 8.47. The second-order valence-electron chi connectivity index (χ2n) is 5.10. The molecule has 0 saturated carbocycles. The van der Waals surface area contributed by atoms with E-state index in [9.17, 15) is 0 Å². The monoisotopic (exact) mass is 251 g/mol. The van der Waals surface area contributed by atoms with Crippen molar-refractivity contribution in [2.24, 2.45) is 0 Å². The lowest BCUT2D eigenvalue weighted by Gasteiger charge is -2.32. The average molecular weight is 251 g/mol. The number of nitrogens with zero attached hydrogens (tertiary/aromatic N) is 2. The summed E-state index contributed by atoms with van der Waals surface area (Å²) >= 11 is 1.81. The first-order valence-electron chi connectivity index (χ1n) is 6.60. The Bertz CT molecular complexity index is 332. The molecule has 1 aromatic heterocycles. The summed E-state index contributed by atoms with van der Waals surface area (Å²) in [7, 11) is 0. The van der Waals surface area contributed by atoms with Gasteiger partial charge in [-0.15, -0.1) is 0 Å². The topological polar surface area (TPSA) is 18.5 Å². The third kappa shape index (κ3) is 2.88. The van der Waals surface area contributed by atoms with E-state index in [-0.39, 0.29) is 0 Å². The summed E-state index contributed by atoms with van der Waals surface area (Å²) in [5.74, 6) is 0. The maximum Gasteiger partial charge on any atom is 0.0242 e. The average Bonchev–Trinajstić information content (AvgIpc) is 3.02. The van der Waals surface area contributed by atoms with Gasteiger partial charge in [-0.3, -0.25) is 9.80 Å². The van der Waals surface area contributed by atoms with Crippen molar-refractivity contribution in [1.82, 2.24) is 15.1 Å². The van der Waals surface area contributed by atoms with Gasteiger partial charge in [-0.1, -0.05) is 0 Å². The van der Waals surface area contributed by atoms with Crippen LogP contribution in [0, 0.1) is 0 Å². The van der Waals surface area contributed by atoms with Crippen LogP contribution in [-0.2, 0) is 6.54 Å². The lowest BCUT2D eigenvalue weighted by Crippen LogP contribution is -2.49. The maximum atomic E-state index is 3.43. The van der Waals surface area contributed by atoms with Crippen molar-refractivity contribution in [3.63, 3.8) is 0 Å². The maximum absolute atomic E-state index is 3.43. The van der Waals surface area contributed by atoms with E-state index in [4.69, 9.17) is 0 Å². The van der Waals surface area contributed by atoms with Crippen LogP contribution in [0.4, 0.5) is 0 Å². The van der Waals surface area contributed by atoms with Crippen molar-refractivity contribution in [3.05, 3.63) is 22.4 Å². The number of thiophene rings is 1. The fourth-order valence-corrected chi connectivity index (χ4v) is 3.60. The molecule has 1 unspecified atom stereocenters. The van der Waals surface area contributed by atoms with Crippen LogP contribution in [0.1, 0.15) is 12.0 Å². The molecule has 0 radical (unpaired) electrons. The lowest BCUT2D eigenvalue weighted by molar-refractivity contribution is 0.170. The first-order valence-corrected chi connectivity index (χ1v) is 7.54. The van der Waals surface area contributed by atoms with Crippen LogP contribution < -0.4 is 5.32 Å². The van der Waals surface area contributed by atoms with Gasteiger partial charge < -0.3 is 5.32 Å². The van der Waals surface area contributed by atoms with Crippen LogP contribution in [0.25, 0.3) is 0 Å². The minimum atomic E-state index is 0.802. The van der Waals surface area contributed by atoms with E-state index in [0.717, 1.165) is 12.6 Å². The quantitative estimate of drug-likeness (QED) is 0.871. The summed E-state index contributed by atoms with van der Waals surface area (Å²) in [4.78, 5) is 5.28. The molecule has 1 N–H and O–H groups in total. The fraction of sp³-hybridized carbons (Fsp3) is 0.692. The van der Waals surface area contributed by atoms with Crippen LogP contribution in [0.3, 0.4) is 0 Å². The smallest absolute Gasteiger partial charge is 0.0242 e. The zero-order valence-corrected chi connectivity index (χ0v) is 11.1. The predicted molar refractivity (Wildman–Crippen MR) is 72.4 cm³/mol. The molecule has 4 heteroatoms. The standard InChI is InChI=1S/C13H21N3S/c1-5-15(9-12-2-8-17-11-12)10-13(1)16-6-3-14-4-7-16/h2,8,11,13-14H,1,3-7,9-10H2. The van der Waals surface area contributed by atoms with Crippen molar-refractivity contribution < 1.29 is 0 Å². The third-order valence-electron chi connectivity index (χ3n) is 3.90. The first kappa shape index (κ1) is 11.7. The Morgan fingerprint density at radius 2 is 2.18 bits per heavy atom. The summed E-state index contributed by atoms with van der Waals surface area (Å²) in [5.41, 5.74) is 1.48. The van der Waals surface area contributed by atoms with Crippen molar-refractivity contribution in [2.45, 2.75) is 19.0 Å². The third-order valence-corrected chi connectivity index (χ3v) is 4.63. The Kier molecular flexibility index (Phi) is 3.76. The van der Waals surface area contributed by atoms with Gasteiger partial charge >= 0.3 is 0 Å². The minimum Gasteiger partial charge on any atom is -0.314 e. The molecule has 3 rings (SSSR count). The van der Waals surface area contributed by atoms with Crippen LogP contribution in [0.15, 0.2) is 16.8 Å². The van der Waals surface area contributed by atoms with Gasteiger partial charge in [-0.25, -0.2) is 0 Å². The van der Waals surface area contributed by atoms with E-state index in [1.807, 2.05) is 0 Å². The van der Waals surface area contributed by atoms with E-state index in [0.29, 0.717) is 0 Å². The van der Waals surface area contributed by atoms with E-state index >= 15 is 0 Å². The second-order valence-corrected chi connectivity index (χ2v) is 5.88. The number of hydrogen-bond acceptors (Lipinski definition) is 4. The van der Waals surface area contributed by atoms with Gasteiger partial charge in [0.1, 0.15) is 0 Å². The van der Waals surface area contributed by atoms with Crippen LogP contribution in [-0.4, -0.2) is 55.1 Å². The molecule has 2 saturated heterocycles. The molecule has 1 aromatic rings. The first-order chi connectivity index (χ1) is 8.42. The van der Waals surface area contributed by atoms with E-state index in [2.05, 4.69) is 31.9 Å². The molecule has 2 aliphatic heterocycles. The zero-order valence-electron chi connectivity index (χ0n) is 10.3. The lowest BCUT2D eigenvalue weighted by atomic mass is 10.2. The largest absolute Gasteiger partial charge is 0.314 e. The van der Waals surface area contributed by atoms with E-state index < -0.39 is 0 Å². The molecule has 17 heavy (non-hydrogen) atoms. The summed E-state index contributed by atoms with van der Waals surface area (Å²) in [6, 6.07) is 3.05. The van der Waals surface area contributed by atoms with Crippen LogP contribution in [0.2, 0.25) is 0 Å². The summed E-state index contributed by atoms with van der Waals surface area (Å²) < 4.78 is 0. The van der Waals surface area contributed by atoms with E-state index in [1.54, 1.807) is 11.3 Å². The van der Waals surface area contributed by atoms with Gasteiger partial charge in [0.15, 0.2) is 0 Å². The molecule has 2 aliphatic rings. The highest BCUT2D eigenvalue weighted by Gasteiger charge is 2.28. The second kappa shape index (κ2) is 5.48. The molecule has 1 atom stereocenters. The Hall–Kier alpha value is -0.420. The highest BCUT2D eigenvalue weighted by Crippen LogP contribution is 2.19. The molecule has 0 spiro atoms. The molecule has 0 bridgehead atoms. The normalized spacial score (nSPS) is 27.6. The van der Waals surface area contributed by atoms with Crippen molar-refractivity contribution in [3.8, 4) is 0 Å². The number of likely N-dealkylation sites (tertiary alicyclic amines) is 1. The molecular formula is C13H21N3S. The fourth-order valence-electron chi connectivity index (χ4n) is 2.94. The van der Waals surface area contributed by atoms with Crippen molar-refractivity contribution in [2.75, 3.05) is 39.3 Å². The van der Waals surface area contributed by atoms with Crippen LogP contribution in [0.5, 0.6) is 0 Å². The van der Waals surface area contributed by atoms with Gasteiger partial charge in [0, 0.05) is 51.9 Å². The number of piperazine rings is 1. The molecule has 3 heterocycles. The number of hydrogen-bond donors (Lipinski definition) is 1. The van der Waals surface area contributed by atoms with Crippen LogP contribution >= 0.6 is 11.3 Å². The highest BCUT2D eigenvalue weighted by atomic mass is 32.1. The summed E-state index contributed by atoms with van der Waals surface area (Å²) in [6.07, 6.45) is 1.35. The minimum absolute atomic E-state index is 0.802. The molecule has 3 nitrogen and oxygen atoms in total. The number of nitrogens with one attached hydrogen (secondary N) is 1. The van der Waals surface area contributed by atoms with Gasteiger partial charge in [0.2, 0.25) is 0 Å². The highest BCUT2D eigenvalue weighted by molar-refractivity contribution is 7.07. The predicted octanol–water partition coefficient (Wildman–Crippen LogP) is 1.23. The molecule has 94 valence electrons. The molecule has 0 aromatic carbocycles. The Labute approximate surface area is 107 Å². The number of rotatable bonds is 3. The SMILES string of the molecule is c1cc(CN2CCC(N3CCNCC3)C2)cs1. The van der Waals surface area contributed by atoms with Gasteiger partial charge in [0.05, 0.1) is 0 Å². The Morgan fingerprint density at radius 1 is 1.29 bits per heavy atom. The van der Waals surface area contributed by atoms with E-state index in [1.165, 1.54) is 51.3 Å². The molecule has 0 amide bonds. The molecule has 2 fully saturated rings. The summed E-state index contributed by atoms with van der Waals surface area (Å²) in [5, 5.41) is 7.89. The molecule has 0 aliphatic carbocycles. The Balaban J connectivity index is 1.51. The van der Waals surface area contributed by atoms with Crippen molar-refractivity contribution in [1.29, 1.82) is 0 Å².